The number of amides is 3. The quantitative estimate of drug-likeness (QED) is 0.558. The van der Waals surface area contributed by atoms with Crippen LogP contribution in [0.25, 0.3) is 20.7 Å². The van der Waals surface area contributed by atoms with Crippen molar-refractivity contribution in [3.63, 3.8) is 0 Å². The van der Waals surface area contributed by atoms with Crippen molar-refractivity contribution < 1.29 is 14.4 Å². The van der Waals surface area contributed by atoms with Gasteiger partial charge in [0.05, 0.1) is 11.1 Å². The molecule has 1 N–H and O–H groups in total. The zero-order valence-electron chi connectivity index (χ0n) is 16.9. The minimum Gasteiger partial charge on any atom is -0.359 e. The van der Waals surface area contributed by atoms with Crippen LogP contribution in [0.15, 0.2) is 42.7 Å². The van der Waals surface area contributed by atoms with E-state index >= 15 is 0 Å². The number of rotatable bonds is 8. The summed E-state index contributed by atoms with van der Waals surface area (Å²) in [4.78, 5) is 49.3. The van der Waals surface area contributed by atoms with Crippen molar-refractivity contribution in [1.29, 1.82) is 0 Å². The predicted molar refractivity (Wildman–Crippen MR) is 123 cm³/mol. The maximum Gasteiger partial charge on any atom is 0.288 e. The first kappa shape index (κ1) is 21.3. The third-order valence-electron chi connectivity index (χ3n) is 4.90. The summed E-state index contributed by atoms with van der Waals surface area (Å²) in [6.45, 7) is 0.936. The van der Waals surface area contributed by atoms with E-state index in [0.717, 1.165) is 38.2 Å². The molecule has 1 aliphatic heterocycles. The number of aromatic nitrogens is 2. The number of carbonyl (C=O) groups excluding carboxylic acids is 3. The first-order chi connectivity index (χ1) is 15.0. The molecule has 3 amide bonds. The molecular formula is C21H21N5O3S2. The van der Waals surface area contributed by atoms with Crippen LogP contribution in [0.3, 0.4) is 0 Å². The number of fused-ring (bicyclic) bond motifs is 1. The van der Waals surface area contributed by atoms with Gasteiger partial charge < -0.3 is 10.2 Å². The number of hydrogen-bond acceptors (Lipinski definition) is 8. The van der Waals surface area contributed by atoms with Crippen LogP contribution in [0.2, 0.25) is 0 Å². The summed E-state index contributed by atoms with van der Waals surface area (Å²) in [5.41, 5.74) is 1.13. The van der Waals surface area contributed by atoms with Crippen molar-refractivity contribution in [2.45, 2.75) is 6.42 Å². The van der Waals surface area contributed by atoms with Crippen molar-refractivity contribution in [2.24, 2.45) is 0 Å². The van der Waals surface area contributed by atoms with Crippen molar-refractivity contribution in [3.05, 3.63) is 42.7 Å². The van der Waals surface area contributed by atoms with Crippen LogP contribution in [0.5, 0.6) is 0 Å². The molecule has 0 atom stereocenters. The highest BCUT2D eigenvalue weighted by Crippen LogP contribution is 2.35. The number of imide groups is 1. The van der Waals surface area contributed by atoms with E-state index in [1.807, 2.05) is 30.1 Å². The Balaban J connectivity index is 1.34. The fourth-order valence-electron chi connectivity index (χ4n) is 3.26. The van der Waals surface area contributed by atoms with Crippen LogP contribution < -0.4 is 10.2 Å². The van der Waals surface area contributed by atoms with Crippen LogP contribution in [0.4, 0.5) is 10.6 Å². The molecule has 160 valence electrons. The molecule has 1 aromatic carbocycles. The van der Waals surface area contributed by atoms with Crippen molar-refractivity contribution in [3.8, 4) is 10.4 Å². The van der Waals surface area contributed by atoms with Crippen LogP contribution in [-0.4, -0.2) is 64.4 Å². The van der Waals surface area contributed by atoms with Gasteiger partial charge in [-0.15, -0.1) is 11.3 Å². The maximum absolute atomic E-state index is 12.2. The number of benzene rings is 1. The first-order valence-corrected chi connectivity index (χ1v) is 11.6. The minimum atomic E-state index is -0.252. The molecule has 2 aromatic heterocycles. The lowest BCUT2D eigenvalue weighted by Gasteiger charge is -2.18. The van der Waals surface area contributed by atoms with E-state index in [0.29, 0.717) is 6.54 Å². The van der Waals surface area contributed by atoms with Gasteiger partial charge in [-0.2, -0.15) is 0 Å². The van der Waals surface area contributed by atoms with E-state index in [9.17, 15) is 14.4 Å². The standard InChI is InChI=1S/C21H21N5O3S2/c1-25(9-7-17(27)22-8-10-26-18(28)12-30-21(26)29)19-15-11-16(14-5-3-2-4-6-14)31-20(15)24-13-23-19/h2-6,11,13H,7-10,12H2,1H3,(H,22,27). The minimum absolute atomic E-state index is 0.140. The summed E-state index contributed by atoms with van der Waals surface area (Å²) in [5.74, 6) is 0.614. The topological polar surface area (TPSA) is 95.5 Å². The van der Waals surface area contributed by atoms with Crippen LogP contribution in [0, 0.1) is 0 Å². The molecule has 10 heteroatoms. The van der Waals surface area contributed by atoms with Gasteiger partial charge in [-0.05, 0) is 11.6 Å². The van der Waals surface area contributed by atoms with Crippen molar-refractivity contribution in [1.82, 2.24) is 20.2 Å². The van der Waals surface area contributed by atoms with E-state index in [2.05, 4.69) is 33.5 Å². The van der Waals surface area contributed by atoms with Crippen LogP contribution in [0.1, 0.15) is 6.42 Å². The van der Waals surface area contributed by atoms with E-state index < -0.39 is 0 Å². The summed E-state index contributed by atoms with van der Waals surface area (Å²) >= 11 is 2.60. The molecule has 0 spiro atoms. The van der Waals surface area contributed by atoms with Gasteiger partial charge in [-0.1, -0.05) is 42.1 Å². The maximum atomic E-state index is 12.2. The fourth-order valence-corrected chi connectivity index (χ4v) is 5.01. The number of nitrogens with zero attached hydrogens (tertiary/aromatic N) is 4. The fraction of sp³-hybridized carbons (Fsp3) is 0.286. The number of anilines is 1. The number of carbonyl (C=O) groups is 3. The molecule has 31 heavy (non-hydrogen) atoms. The molecule has 1 fully saturated rings. The highest BCUT2D eigenvalue weighted by Gasteiger charge is 2.29. The predicted octanol–water partition coefficient (Wildman–Crippen LogP) is 3.00. The highest BCUT2D eigenvalue weighted by molar-refractivity contribution is 8.14. The lowest BCUT2D eigenvalue weighted by Crippen LogP contribution is -2.38. The Morgan fingerprint density at radius 3 is 2.77 bits per heavy atom. The van der Waals surface area contributed by atoms with Crippen LogP contribution >= 0.6 is 23.1 Å². The van der Waals surface area contributed by atoms with E-state index in [-0.39, 0.29) is 42.3 Å². The molecule has 1 aliphatic rings. The van der Waals surface area contributed by atoms with Gasteiger partial charge in [0.25, 0.3) is 5.24 Å². The van der Waals surface area contributed by atoms with Gasteiger partial charge in [0, 0.05) is 38.0 Å². The lowest BCUT2D eigenvalue weighted by molar-refractivity contribution is -0.125. The smallest absolute Gasteiger partial charge is 0.288 e. The van der Waals surface area contributed by atoms with E-state index in [1.165, 1.54) is 4.90 Å². The first-order valence-electron chi connectivity index (χ1n) is 9.78. The van der Waals surface area contributed by atoms with E-state index in [1.54, 1.807) is 17.7 Å². The third-order valence-corrected chi connectivity index (χ3v) is 6.85. The summed E-state index contributed by atoms with van der Waals surface area (Å²) in [6, 6.07) is 12.2. The van der Waals surface area contributed by atoms with Gasteiger partial charge in [-0.25, -0.2) is 9.97 Å². The number of nitrogens with one attached hydrogen (secondary N) is 1. The number of thioether (sulfide) groups is 1. The van der Waals surface area contributed by atoms with Gasteiger partial charge in [0.1, 0.15) is 17.0 Å². The molecule has 8 nitrogen and oxygen atoms in total. The summed E-state index contributed by atoms with van der Waals surface area (Å²) in [6.07, 6.45) is 1.82. The Morgan fingerprint density at radius 1 is 1.23 bits per heavy atom. The van der Waals surface area contributed by atoms with Gasteiger partial charge in [0.2, 0.25) is 11.8 Å². The summed E-state index contributed by atoms with van der Waals surface area (Å²) in [7, 11) is 1.90. The molecular weight excluding hydrogens is 434 g/mol. The van der Waals surface area contributed by atoms with Crippen molar-refractivity contribution >= 4 is 56.2 Å². The molecule has 0 unspecified atom stereocenters. The zero-order valence-corrected chi connectivity index (χ0v) is 18.5. The Kier molecular flexibility index (Phi) is 6.47. The second-order valence-electron chi connectivity index (χ2n) is 7.01. The molecule has 0 radical (unpaired) electrons. The highest BCUT2D eigenvalue weighted by atomic mass is 32.2. The monoisotopic (exact) mass is 455 g/mol. The Morgan fingerprint density at radius 2 is 2.03 bits per heavy atom. The largest absolute Gasteiger partial charge is 0.359 e. The second-order valence-corrected chi connectivity index (χ2v) is 8.97. The molecule has 0 aliphatic carbocycles. The Hall–Kier alpha value is -2.98. The van der Waals surface area contributed by atoms with E-state index in [4.69, 9.17) is 0 Å². The Labute approximate surface area is 187 Å². The number of hydrogen-bond donors (Lipinski definition) is 1. The molecule has 3 heterocycles. The third kappa shape index (κ3) is 4.86. The molecule has 1 saturated heterocycles. The lowest BCUT2D eigenvalue weighted by atomic mass is 10.2. The molecule has 3 aromatic rings. The van der Waals surface area contributed by atoms with Gasteiger partial charge in [-0.3, -0.25) is 19.3 Å². The summed E-state index contributed by atoms with van der Waals surface area (Å²) in [5, 5.41) is 3.47. The summed E-state index contributed by atoms with van der Waals surface area (Å²) < 4.78 is 0. The van der Waals surface area contributed by atoms with Gasteiger partial charge in [0.15, 0.2) is 0 Å². The number of thiophene rings is 1. The molecule has 4 rings (SSSR count). The average molecular weight is 456 g/mol. The molecule has 0 saturated carbocycles. The second kappa shape index (κ2) is 9.44. The average Bonchev–Trinajstić information content (AvgIpc) is 3.36. The zero-order chi connectivity index (χ0) is 21.8. The van der Waals surface area contributed by atoms with Crippen molar-refractivity contribution in [2.75, 3.05) is 37.3 Å². The molecule has 0 bridgehead atoms. The SMILES string of the molecule is CN(CCC(=O)NCCN1C(=O)CSC1=O)c1ncnc2sc(-c3ccccc3)cc12. The van der Waals surface area contributed by atoms with Crippen LogP contribution in [-0.2, 0) is 9.59 Å². The normalized spacial score (nSPS) is 13.8. The van der Waals surface area contributed by atoms with Gasteiger partial charge >= 0.3 is 0 Å². The Bertz CT molecular complexity index is 1100.